The molecule has 2 aliphatic heterocycles. The number of rotatable bonds is 6. The molecule has 2 atom stereocenters. The summed E-state index contributed by atoms with van der Waals surface area (Å²) < 4.78 is 36.9. The topological polar surface area (TPSA) is 154 Å². The van der Waals surface area contributed by atoms with Gasteiger partial charge in [0.2, 0.25) is 0 Å². The van der Waals surface area contributed by atoms with Gasteiger partial charge in [0.25, 0.3) is 11.2 Å². The Morgan fingerprint density at radius 3 is 2.60 bits per heavy atom. The molecule has 0 saturated heterocycles. The van der Waals surface area contributed by atoms with E-state index in [1.807, 2.05) is 13.8 Å². The zero-order valence-electron chi connectivity index (χ0n) is 23.0. The van der Waals surface area contributed by atoms with Crippen molar-refractivity contribution in [2.24, 2.45) is 0 Å². The minimum Gasteiger partial charge on any atom is -0.458 e. The van der Waals surface area contributed by atoms with Gasteiger partial charge in [-0.3, -0.25) is 14.9 Å². The van der Waals surface area contributed by atoms with Crippen molar-refractivity contribution in [1.29, 1.82) is 0 Å². The number of hydrogen-bond acceptors (Lipinski definition) is 8. The highest BCUT2D eigenvalue weighted by molar-refractivity contribution is 7.82. The number of fused-ring (bicyclic) bond motifs is 5. The van der Waals surface area contributed by atoms with Gasteiger partial charge in [-0.2, -0.15) is 0 Å². The van der Waals surface area contributed by atoms with E-state index in [0.29, 0.717) is 44.5 Å². The number of aliphatic hydroxyl groups is 1. The van der Waals surface area contributed by atoms with E-state index < -0.39 is 39.4 Å². The maximum absolute atomic E-state index is 14.6. The van der Waals surface area contributed by atoms with Gasteiger partial charge in [-0.05, 0) is 35.7 Å². The fraction of sp³-hybridized carbons (Fsp3) is 0.276. The molecule has 2 aromatic heterocycles. The normalized spacial score (nSPS) is 15.6. The monoisotopic (exact) mass is 594 g/mol. The largest absolute Gasteiger partial charge is 0.458 e. The number of nitrogens with one attached hydrogen (secondary N) is 1. The Balaban J connectivity index is 0.00000173. The van der Waals surface area contributed by atoms with Crippen LogP contribution in [0, 0.1) is 22.9 Å². The molecule has 2 unspecified atom stereocenters. The maximum Gasteiger partial charge on any atom is 0.340 e. The standard InChI is InChI=1S/C27H21FN4O7S.C2H6/c1-13-6-16-18(9-29-40(38)12-14-2-4-15(5-3-14)32(36)37)19-10-31-23(24(19)30-22(16)8-21(13)28)7-17-20(26(31)34)11-39-27(35)25(17)33;1-2/h2-8,25,29,33H,9-12H2,1H3;1-2H3. The van der Waals surface area contributed by atoms with Crippen LogP contribution in [-0.4, -0.2) is 29.8 Å². The van der Waals surface area contributed by atoms with E-state index >= 15 is 0 Å². The second-order valence-corrected chi connectivity index (χ2v) is 10.9. The number of carbonyl (C=O) groups excluding carboxylic acids is 1. The third kappa shape index (κ3) is 5.10. The summed E-state index contributed by atoms with van der Waals surface area (Å²) in [6.07, 6.45) is -1.60. The number of aliphatic hydroxyl groups excluding tert-OH is 1. The lowest BCUT2D eigenvalue weighted by Gasteiger charge is -2.21. The Hall–Kier alpha value is -4.33. The minimum absolute atomic E-state index is 0.0659. The third-order valence-corrected chi connectivity index (χ3v) is 8.27. The maximum atomic E-state index is 14.6. The molecule has 4 aromatic rings. The van der Waals surface area contributed by atoms with Crippen LogP contribution in [0.5, 0.6) is 0 Å². The summed E-state index contributed by atoms with van der Waals surface area (Å²) in [7, 11) is -1.57. The second-order valence-electron chi connectivity index (χ2n) is 9.64. The van der Waals surface area contributed by atoms with Crippen molar-refractivity contribution < 1.29 is 28.2 Å². The number of benzene rings is 2. The van der Waals surface area contributed by atoms with E-state index in [2.05, 4.69) is 9.71 Å². The highest BCUT2D eigenvalue weighted by Crippen LogP contribution is 2.38. The molecule has 0 aliphatic carbocycles. The van der Waals surface area contributed by atoms with Gasteiger partial charge in [0, 0.05) is 41.3 Å². The SMILES string of the molecule is CC.Cc1cc2c(CNS(=O)Cc3ccc([N+](=O)[O-])cc3)c3c(nc2cc1F)-c1cc2c(c(=O)n1C3)COC(=O)C2O. The molecule has 0 radical (unpaired) electrons. The number of nitro groups is 1. The van der Waals surface area contributed by atoms with Gasteiger partial charge in [-0.15, -0.1) is 0 Å². The lowest BCUT2D eigenvalue weighted by Crippen LogP contribution is -2.32. The molecule has 0 bridgehead atoms. The molecule has 0 fully saturated rings. The average molecular weight is 595 g/mol. The third-order valence-electron chi connectivity index (χ3n) is 7.21. The number of hydrogen-bond donors (Lipinski definition) is 2. The number of non-ortho nitro benzene ring substituents is 1. The van der Waals surface area contributed by atoms with Crippen LogP contribution in [0.3, 0.4) is 0 Å². The Morgan fingerprint density at radius 2 is 1.90 bits per heavy atom. The van der Waals surface area contributed by atoms with Gasteiger partial charge in [0.15, 0.2) is 6.10 Å². The lowest BCUT2D eigenvalue weighted by molar-refractivity contribution is -0.384. The molecule has 2 aliphatic rings. The highest BCUT2D eigenvalue weighted by Gasteiger charge is 2.34. The number of cyclic esters (lactones) is 1. The van der Waals surface area contributed by atoms with Crippen molar-refractivity contribution in [1.82, 2.24) is 14.3 Å². The quantitative estimate of drug-likeness (QED) is 0.171. The number of nitro benzene ring substituents is 1. The predicted octanol–water partition coefficient (Wildman–Crippen LogP) is 3.85. The zero-order chi connectivity index (χ0) is 30.3. The van der Waals surface area contributed by atoms with Gasteiger partial charge in [-0.25, -0.2) is 23.1 Å². The Morgan fingerprint density at radius 1 is 1.19 bits per heavy atom. The van der Waals surface area contributed by atoms with Crippen molar-refractivity contribution in [3.8, 4) is 11.4 Å². The van der Waals surface area contributed by atoms with Gasteiger partial charge in [0.05, 0.1) is 50.7 Å². The van der Waals surface area contributed by atoms with Crippen LogP contribution in [0.2, 0.25) is 0 Å². The van der Waals surface area contributed by atoms with E-state index in [0.717, 1.165) is 0 Å². The number of carbonyl (C=O) groups is 1. The van der Waals surface area contributed by atoms with E-state index in [4.69, 9.17) is 4.74 Å². The molecule has 0 amide bonds. The fourth-order valence-corrected chi connectivity index (χ4v) is 6.01. The van der Waals surface area contributed by atoms with Crippen LogP contribution in [-0.2, 0) is 46.0 Å². The van der Waals surface area contributed by atoms with E-state index in [9.17, 15) is 33.4 Å². The minimum atomic E-state index is -1.60. The van der Waals surface area contributed by atoms with Crippen molar-refractivity contribution in [2.75, 3.05) is 0 Å². The van der Waals surface area contributed by atoms with Crippen LogP contribution in [0.25, 0.3) is 22.3 Å². The molecule has 0 saturated carbocycles. The summed E-state index contributed by atoms with van der Waals surface area (Å²) in [5, 5.41) is 21.9. The summed E-state index contributed by atoms with van der Waals surface area (Å²) in [5.74, 6) is -1.21. The number of ether oxygens (including phenoxy) is 1. The molecule has 42 heavy (non-hydrogen) atoms. The molecule has 11 nitrogen and oxygen atoms in total. The molecule has 6 rings (SSSR count). The summed E-state index contributed by atoms with van der Waals surface area (Å²) in [6, 6.07) is 10.3. The van der Waals surface area contributed by atoms with Crippen molar-refractivity contribution >= 4 is 33.5 Å². The van der Waals surface area contributed by atoms with Crippen molar-refractivity contribution in [2.45, 2.75) is 52.3 Å². The predicted molar refractivity (Wildman–Crippen MR) is 153 cm³/mol. The van der Waals surface area contributed by atoms with E-state index in [1.165, 1.54) is 34.9 Å². The first-order valence-corrected chi connectivity index (χ1v) is 14.5. The zero-order valence-corrected chi connectivity index (χ0v) is 23.8. The molecule has 4 heterocycles. The number of esters is 1. The molecule has 2 N–H and O–H groups in total. The van der Waals surface area contributed by atoms with Crippen LogP contribution in [0.4, 0.5) is 10.1 Å². The van der Waals surface area contributed by atoms with E-state index in [1.54, 1.807) is 19.1 Å². The first kappa shape index (κ1) is 29.2. The van der Waals surface area contributed by atoms with Crippen molar-refractivity contribution in [3.05, 3.63) is 102 Å². The Bertz CT molecular complexity index is 1840. The molecule has 2 aromatic carbocycles. The number of halogens is 1. The van der Waals surface area contributed by atoms with Gasteiger partial charge in [-0.1, -0.05) is 26.0 Å². The van der Waals surface area contributed by atoms with Gasteiger partial charge in [0.1, 0.15) is 12.4 Å². The first-order chi connectivity index (χ1) is 20.1. The second kappa shape index (κ2) is 11.5. The van der Waals surface area contributed by atoms with Crippen LogP contribution >= 0.6 is 0 Å². The van der Waals surface area contributed by atoms with Crippen LogP contribution < -0.4 is 10.3 Å². The van der Waals surface area contributed by atoms with Gasteiger partial charge < -0.3 is 14.4 Å². The molecule has 13 heteroatoms. The Kier molecular flexibility index (Phi) is 7.99. The lowest BCUT2D eigenvalue weighted by atomic mass is 9.98. The highest BCUT2D eigenvalue weighted by atomic mass is 32.2. The number of pyridine rings is 2. The fourth-order valence-electron chi connectivity index (χ4n) is 5.11. The molecular formula is C29H27FN4O7S. The molecule has 218 valence electrons. The Labute approximate surface area is 241 Å². The average Bonchev–Trinajstić information content (AvgIpc) is 3.34. The summed E-state index contributed by atoms with van der Waals surface area (Å²) in [6.45, 7) is 5.60. The summed E-state index contributed by atoms with van der Waals surface area (Å²) in [4.78, 5) is 40.3. The van der Waals surface area contributed by atoms with Gasteiger partial charge >= 0.3 is 5.97 Å². The smallest absolute Gasteiger partial charge is 0.340 e. The van der Waals surface area contributed by atoms with E-state index in [-0.39, 0.29) is 42.3 Å². The van der Waals surface area contributed by atoms with Crippen LogP contribution in [0.15, 0.2) is 47.3 Å². The molecule has 0 spiro atoms. The van der Waals surface area contributed by atoms with Crippen LogP contribution in [0.1, 0.15) is 53.3 Å². The number of aromatic nitrogens is 2. The number of aryl methyl sites for hydroxylation is 1. The summed E-state index contributed by atoms with van der Waals surface area (Å²) >= 11 is 0. The van der Waals surface area contributed by atoms with Crippen molar-refractivity contribution in [3.63, 3.8) is 0 Å². The first-order valence-electron chi connectivity index (χ1n) is 13.2. The summed E-state index contributed by atoms with van der Waals surface area (Å²) in [5.41, 5.74) is 3.33. The number of nitrogens with zero attached hydrogens (tertiary/aromatic N) is 3. The molecular weight excluding hydrogens is 567 g/mol.